The number of nitrogen functional groups attached to an aromatic ring is 1. The summed E-state index contributed by atoms with van der Waals surface area (Å²) in [5.74, 6) is 5.36. The van der Waals surface area contributed by atoms with Crippen molar-refractivity contribution in [3.05, 3.63) is 29.3 Å². The van der Waals surface area contributed by atoms with E-state index in [0.717, 1.165) is 5.56 Å². The molecule has 4 nitrogen and oxygen atoms in total. The lowest BCUT2D eigenvalue weighted by molar-refractivity contribution is 0.0602. The van der Waals surface area contributed by atoms with Gasteiger partial charge in [0.1, 0.15) is 0 Å². The molecule has 0 spiro atoms. The van der Waals surface area contributed by atoms with E-state index >= 15 is 0 Å². The van der Waals surface area contributed by atoms with Crippen LogP contribution >= 0.6 is 0 Å². The molecular formula is C12H14N2O2. The molecule has 0 aliphatic carbocycles. The highest BCUT2D eigenvalue weighted by Gasteiger charge is 2.08. The summed E-state index contributed by atoms with van der Waals surface area (Å²) >= 11 is 0. The van der Waals surface area contributed by atoms with Crippen LogP contribution in [0, 0.1) is 11.8 Å². The Morgan fingerprint density at radius 3 is 2.81 bits per heavy atom. The largest absolute Gasteiger partial charge is 0.465 e. The van der Waals surface area contributed by atoms with E-state index in [0.29, 0.717) is 24.2 Å². The van der Waals surface area contributed by atoms with Crippen molar-refractivity contribution in [2.24, 2.45) is 5.73 Å². The second-order valence-corrected chi connectivity index (χ2v) is 3.13. The molecule has 0 fully saturated rings. The Bertz CT molecular complexity index is 444. The Labute approximate surface area is 94.6 Å². The molecule has 0 saturated carbocycles. The van der Waals surface area contributed by atoms with Crippen molar-refractivity contribution in [1.82, 2.24) is 0 Å². The number of hydrogen-bond acceptors (Lipinski definition) is 4. The second kappa shape index (κ2) is 5.79. The predicted octanol–water partition coefficient (Wildman–Crippen LogP) is 0.756. The van der Waals surface area contributed by atoms with E-state index in [4.69, 9.17) is 11.5 Å². The van der Waals surface area contributed by atoms with E-state index in [-0.39, 0.29) is 0 Å². The fourth-order valence-electron chi connectivity index (χ4n) is 1.17. The Balaban J connectivity index is 2.92. The molecule has 0 atom stereocenters. The number of benzene rings is 1. The van der Waals surface area contributed by atoms with Crippen molar-refractivity contribution in [3.8, 4) is 11.8 Å². The summed E-state index contributed by atoms with van der Waals surface area (Å²) in [5.41, 5.74) is 12.5. The van der Waals surface area contributed by atoms with E-state index in [1.165, 1.54) is 7.11 Å². The first-order valence-corrected chi connectivity index (χ1v) is 4.86. The highest BCUT2D eigenvalue weighted by molar-refractivity contribution is 5.95. The first kappa shape index (κ1) is 12.1. The van der Waals surface area contributed by atoms with Crippen LogP contribution in [-0.2, 0) is 4.74 Å². The summed E-state index contributed by atoms with van der Waals surface area (Å²) < 4.78 is 4.58. The first-order chi connectivity index (χ1) is 7.69. The summed E-state index contributed by atoms with van der Waals surface area (Å²) in [4.78, 5) is 11.3. The topological polar surface area (TPSA) is 78.3 Å². The van der Waals surface area contributed by atoms with Gasteiger partial charge in [-0.3, -0.25) is 0 Å². The molecule has 0 bridgehead atoms. The van der Waals surface area contributed by atoms with Crippen molar-refractivity contribution < 1.29 is 9.53 Å². The molecule has 0 aliphatic rings. The van der Waals surface area contributed by atoms with Gasteiger partial charge in [0.05, 0.1) is 12.7 Å². The number of nitrogens with two attached hydrogens (primary N) is 2. The summed E-state index contributed by atoms with van der Waals surface area (Å²) in [6.07, 6.45) is 0.638. The van der Waals surface area contributed by atoms with Gasteiger partial charge in [-0.15, -0.1) is 0 Å². The van der Waals surface area contributed by atoms with Crippen LogP contribution in [0.15, 0.2) is 18.2 Å². The zero-order valence-corrected chi connectivity index (χ0v) is 9.12. The van der Waals surface area contributed by atoms with Crippen molar-refractivity contribution >= 4 is 11.7 Å². The zero-order valence-electron chi connectivity index (χ0n) is 9.12. The summed E-state index contributed by atoms with van der Waals surface area (Å²) in [7, 11) is 1.32. The molecule has 0 amide bonds. The van der Waals surface area contributed by atoms with Gasteiger partial charge in [0.25, 0.3) is 0 Å². The smallest absolute Gasteiger partial charge is 0.339 e. The van der Waals surface area contributed by atoms with Crippen LogP contribution in [-0.4, -0.2) is 19.6 Å². The van der Waals surface area contributed by atoms with E-state index in [9.17, 15) is 4.79 Å². The van der Waals surface area contributed by atoms with E-state index < -0.39 is 5.97 Å². The third-order valence-corrected chi connectivity index (χ3v) is 1.96. The van der Waals surface area contributed by atoms with Gasteiger partial charge in [-0.05, 0) is 18.2 Å². The summed E-state index contributed by atoms with van der Waals surface area (Å²) in [6, 6.07) is 4.98. The number of hydrogen-bond donors (Lipinski definition) is 2. The molecule has 1 aromatic rings. The number of carbonyl (C=O) groups excluding carboxylic acids is 1. The third kappa shape index (κ3) is 3.01. The lowest BCUT2D eigenvalue weighted by Crippen LogP contribution is -2.05. The van der Waals surface area contributed by atoms with E-state index in [1.54, 1.807) is 18.2 Å². The van der Waals surface area contributed by atoms with Crippen LogP contribution in [0.4, 0.5) is 5.69 Å². The Hall–Kier alpha value is -1.99. The molecule has 4 N–H and O–H groups in total. The van der Waals surface area contributed by atoms with Crippen LogP contribution in [0.1, 0.15) is 22.3 Å². The van der Waals surface area contributed by atoms with Gasteiger partial charge < -0.3 is 16.2 Å². The predicted molar refractivity (Wildman–Crippen MR) is 62.7 cm³/mol. The lowest BCUT2D eigenvalue weighted by Gasteiger charge is -2.03. The average molecular weight is 218 g/mol. The average Bonchev–Trinajstić information content (AvgIpc) is 2.29. The molecule has 0 aromatic heterocycles. The standard InChI is InChI=1S/C12H14N2O2/c1-16-12(15)10-6-5-9(8-11(10)14)4-2-3-7-13/h5-6,8H,3,7,13-14H2,1H3. The van der Waals surface area contributed by atoms with Gasteiger partial charge in [-0.1, -0.05) is 11.8 Å². The zero-order chi connectivity index (χ0) is 12.0. The Morgan fingerprint density at radius 1 is 1.50 bits per heavy atom. The van der Waals surface area contributed by atoms with E-state index in [1.807, 2.05) is 0 Å². The fourth-order valence-corrected chi connectivity index (χ4v) is 1.17. The maximum atomic E-state index is 11.3. The van der Waals surface area contributed by atoms with Crippen LogP contribution in [0.3, 0.4) is 0 Å². The van der Waals surface area contributed by atoms with Crippen LogP contribution < -0.4 is 11.5 Å². The number of carbonyl (C=O) groups is 1. The van der Waals surface area contributed by atoms with Crippen molar-refractivity contribution in [2.75, 3.05) is 19.4 Å². The van der Waals surface area contributed by atoms with Gasteiger partial charge in [0.2, 0.25) is 0 Å². The Kier molecular flexibility index (Phi) is 4.37. The molecule has 1 aromatic carbocycles. The summed E-state index contributed by atoms with van der Waals surface area (Å²) in [5, 5.41) is 0. The normalized spacial score (nSPS) is 9.12. The number of anilines is 1. The van der Waals surface area contributed by atoms with Gasteiger partial charge in [-0.2, -0.15) is 0 Å². The minimum absolute atomic E-state index is 0.354. The molecular weight excluding hydrogens is 204 g/mol. The molecule has 0 saturated heterocycles. The number of rotatable bonds is 2. The fraction of sp³-hybridized carbons (Fsp3) is 0.250. The third-order valence-electron chi connectivity index (χ3n) is 1.96. The molecule has 0 radical (unpaired) electrons. The number of esters is 1. The first-order valence-electron chi connectivity index (χ1n) is 4.86. The molecule has 0 aliphatic heterocycles. The molecule has 84 valence electrons. The SMILES string of the molecule is COC(=O)c1ccc(C#CCCN)cc1N. The van der Waals surface area contributed by atoms with Gasteiger partial charge >= 0.3 is 5.97 Å². The van der Waals surface area contributed by atoms with Crippen molar-refractivity contribution in [1.29, 1.82) is 0 Å². The highest BCUT2D eigenvalue weighted by Crippen LogP contribution is 2.14. The molecule has 4 heteroatoms. The maximum absolute atomic E-state index is 11.3. The van der Waals surface area contributed by atoms with Crippen LogP contribution in [0.5, 0.6) is 0 Å². The number of methoxy groups -OCH3 is 1. The van der Waals surface area contributed by atoms with E-state index in [2.05, 4.69) is 16.6 Å². The molecule has 0 heterocycles. The second-order valence-electron chi connectivity index (χ2n) is 3.13. The maximum Gasteiger partial charge on any atom is 0.339 e. The van der Waals surface area contributed by atoms with Crippen LogP contribution in [0.2, 0.25) is 0 Å². The quantitative estimate of drug-likeness (QED) is 0.436. The Morgan fingerprint density at radius 2 is 2.25 bits per heavy atom. The minimum Gasteiger partial charge on any atom is -0.465 e. The minimum atomic E-state index is -0.445. The lowest BCUT2D eigenvalue weighted by atomic mass is 10.1. The molecule has 16 heavy (non-hydrogen) atoms. The molecule has 0 unspecified atom stereocenters. The monoisotopic (exact) mass is 218 g/mol. The number of ether oxygens (including phenoxy) is 1. The summed E-state index contributed by atoms with van der Waals surface area (Å²) in [6.45, 7) is 0.530. The van der Waals surface area contributed by atoms with Gasteiger partial charge in [0, 0.05) is 24.2 Å². The highest BCUT2D eigenvalue weighted by atomic mass is 16.5. The van der Waals surface area contributed by atoms with Crippen molar-refractivity contribution in [3.63, 3.8) is 0 Å². The van der Waals surface area contributed by atoms with Gasteiger partial charge in [0.15, 0.2) is 0 Å². The van der Waals surface area contributed by atoms with Gasteiger partial charge in [-0.25, -0.2) is 4.79 Å². The van der Waals surface area contributed by atoms with Crippen molar-refractivity contribution in [2.45, 2.75) is 6.42 Å². The van der Waals surface area contributed by atoms with Crippen LogP contribution in [0.25, 0.3) is 0 Å². The molecule has 1 rings (SSSR count).